The number of rotatable bonds is 5. The molecule has 1 saturated heterocycles. The monoisotopic (exact) mass is 429 g/mol. The molecule has 0 saturated carbocycles. The van der Waals surface area contributed by atoms with Gasteiger partial charge in [-0.3, -0.25) is 19.1 Å². The smallest absolute Gasteiger partial charge is 0.276 e. The number of carbonyl (C=O) groups excluding carboxylic acids is 3. The van der Waals surface area contributed by atoms with Gasteiger partial charge in [0.1, 0.15) is 0 Å². The number of aryl methyl sites for hydroxylation is 1. The Labute approximate surface area is 173 Å². The van der Waals surface area contributed by atoms with Gasteiger partial charge >= 0.3 is 6.03 Å². The van der Waals surface area contributed by atoms with Crippen LogP contribution in [0.5, 0.6) is 0 Å². The molecule has 2 aliphatic rings. The van der Waals surface area contributed by atoms with Crippen molar-refractivity contribution < 1.29 is 27.0 Å². The van der Waals surface area contributed by atoms with E-state index < -0.39 is 28.0 Å². The highest BCUT2D eigenvalue weighted by atomic mass is 32.2. The topological polar surface area (TPSA) is 113 Å². The van der Waals surface area contributed by atoms with Gasteiger partial charge in [-0.15, -0.1) is 0 Å². The van der Waals surface area contributed by atoms with Crippen LogP contribution in [0.25, 0.3) is 0 Å². The van der Waals surface area contributed by atoms with Crippen molar-refractivity contribution in [2.24, 2.45) is 0 Å². The van der Waals surface area contributed by atoms with Gasteiger partial charge in [0.2, 0.25) is 5.91 Å². The van der Waals surface area contributed by atoms with Gasteiger partial charge in [-0.05, 0) is 36.2 Å². The lowest BCUT2D eigenvalue weighted by Gasteiger charge is -2.33. The van der Waals surface area contributed by atoms with Crippen molar-refractivity contribution in [1.82, 2.24) is 15.3 Å². The summed E-state index contributed by atoms with van der Waals surface area (Å²) in [5.41, 5.74) is 2.42. The Balaban J connectivity index is 1.53. The van der Waals surface area contributed by atoms with E-state index in [1.54, 1.807) is 30.3 Å². The number of hydrogen-bond donors (Lipinski definition) is 1. The van der Waals surface area contributed by atoms with Crippen LogP contribution in [-0.4, -0.2) is 42.8 Å². The third-order valence-corrected chi connectivity index (χ3v) is 6.33. The van der Waals surface area contributed by atoms with Crippen LogP contribution in [-0.2, 0) is 32.2 Å². The van der Waals surface area contributed by atoms with Gasteiger partial charge in [0, 0.05) is 12.0 Å². The SMILES string of the molecule is Cc1ccc(S(=O)(=O)OCc2cccc3c2CN(N2CCC(=O)NC2=O)C3=O)cc1. The number of hydrazine groups is 1. The Kier molecular flexibility index (Phi) is 5.04. The molecule has 0 aromatic heterocycles. The van der Waals surface area contributed by atoms with Crippen molar-refractivity contribution in [2.45, 2.75) is 31.4 Å². The van der Waals surface area contributed by atoms with Crippen molar-refractivity contribution in [3.63, 3.8) is 0 Å². The van der Waals surface area contributed by atoms with Gasteiger partial charge < -0.3 is 0 Å². The number of nitrogens with zero attached hydrogens (tertiary/aromatic N) is 2. The first-order chi connectivity index (χ1) is 14.3. The molecule has 4 rings (SSSR count). The van der Waals surface area contributed by atoms with Crippen LogP contribution in [0.2, 0.25) is 0 Å². The maximum Gasteiger partial charge on any atom is 0.342 e. The number of amides is 4. The van der Waals surface area contributed by atoms with E-state index in [4.69, 9.17) is 4.18 Å². The summed E-state index contributed by atoms with van der Waals surface area (Å²) in [6.07, 6.45) is 0.0939. The summed E-state index contributed by atoms with van der Waals surface area (Å²) >= 11 is 0. The fourth-order valence-electron chi connectivity index (χ4n) is 3.41. The summed E-state index contributed by atoms with van der Waals surface area (Å²) in [5, 5.41) is 4.63. The fourth-order valence-corrected chi connectivity index (χ4v) is 4.30. The molecule has 0 atom stereocenters. The molecule has 9 nitrogen and oxygen atoms in total. The second-order valence-corrected chi connectivity index (χ2v) is 8.68. The maximum atomic E-state index is 12.8. The second kappa shape index (κ2) is 7.54. The molecule has 2 aromatic rings. The van der Waals surface area contributed by atoms with E-state index in [-0.39, 0.29) is 31.0 Å². The van der Waals surface area contributed by atoms with Crippen LogP contribution in [0.4, 0.5) is 4.79 Å². The van der Waals surface area contributed by atoms with E-state index in [1.165, 1.54) is 22.2 Å². The van der Waals surface area contributed by atoms with E-state index in [0.717, 1.165) is 5.56 Å². The molecular formula is C20H19N3O6S. The molecule has 10 heteroatoms. The van der Waals surface area contributed by atoms with Crippen molar-refractivity contribution in [1.29, 1.82) is 0 Å². The first kappa shape index (κ1) is 20.0. The van der Waals surface area contributed by atoms with Gasteiger partial charge in [0.15, 0.2) is 0 Å². The van der Waals surface area contributed by atoms with Gasteiger partial charge in [0.25, 0.3) is 16.0 Å². The van der Waals surface area contributed by atoms with Crippen molar-refractivity contribution >= 4 is 28.0 Å². The third kappa shape index (κ3) is 3.66. The lowest BCUT2D eigenvalue weighted by Crippen LogP contribution is -2.56. The van der Waals surface area contributed by atoms with Crippen molar-refractivity contribution in [3.05, 3.63) is 64.7 Å². The minimum absolute atomic E-state index is 0.0491. The molecule has 0 bridgehead atoms. The van der Waals surface area contributed by atoms with E-state index in [9.17, 15) is 22.8 Å². The average molecular weight is 429 g/mol. The first-order valence-electron chi connectivity index (χ1n) is 9.26. The van der Waals surface area contributed by atoms with Gasteiger partial charge in [0.05, 0.1) is 24.6 Å². The Morgan fingerprint density at radius 3 is 2.47 bits per heavy atom. The van der Waals surface area contributed by atoms with Gasteiger partial charge in [-0.2, -0.15) is 8.42 Å². The third-order valence-electron chi connectivity index (χ3n) is 5.05. The summed E-state index contributed by atoms with van der Waals surface area (Å²) in [6.45, 7) is 1.79. The van der Waals surface area contributed by atoms with Crippen LogP contribution in [0, 0.1) is 6.92 Å². The minimum atomic E-state index is -3.97. The molecule has 2 heterocycles. The molecule has 1 N–H and O–H groups in total. The molecule has 2 aromatic carbocycles. The van der Waals surface area contributed by atoms with Crippen LogP contribution in [0.1, 0.15) is 33.5 Å². The molecule has 2 aliphatic heterocycles. The van der Waals surface area contributed by atoms with Crippen LogP contribution >= 0.6 is 0 Å². The van der Waals surface area contributed by atoms with E-state index in [2.05, 4.69) is 5.32 Å². The standard InChI is InChI=1S/C20H19N3O6S/c1-13-5-7-15(8-6-13)30(27,28)29-12-14-3-2-4-16-17(14)11-23(19(16)25)22-10-9-18(24)21-20(22)26/h2-8H,9-12H2,1H3,(H,21,24,26). The quantitative estimate of drug-likeness (QED) is 0.724. The highest BCUT2D eigenvalue weighted by Gasteiger charge is 2.37. The molecule has 0 aliphatic carbocycles. The molecule has 4 amide bonds. The first-order valence-corrected chi connectivity index (χ1v) is 10.7. The Morgan fingerprint density at radius 2 is 1.77 bits per heavy atom. The summed E-state index contributed by atoms with van der Waals surface area (Å²) in [5.74, 6) is -0.784. The Bertz CT molecular complexity index is 1140. The lowest BCUT2D eigenvalue weighted by atomic mass is 10.0. The zero-order chi connectivity index (χ0) is 21.5. The maximum absolute atomic E-state index is 12.8. The summed E-state index contributed by atoms with van der Waals surface area (Å²) < 4.78 is 30.2. The van der Waals surface area contributed by atoms with Crippen LogP contribution < -0.4 is 5.32 Å². The van der Waals surface area contributed by atoms with E-state index >= 15 is 0 Å². The predicted octanol–water partition coefficient (Wildman–Crippen LogP) is 1.71. The lowest BCUT2D eigenvalue weighted by molar-refractivity contribution is -0.123. The normalized spacial score (nSPS) is 16.6. The predicted molar refractivity (Wildman–Crippen MR) is 104 cm³/mol. The number of imide groups is 1. The Hall–Kier alpha value is -3.24. The summed E-state index contributed by atoms with van der Waals surface area (Å²) in [6, 6.07) is 10.6. The Morgan fingerprint density at radius 1 is 1.03 bits per heavy atom. The number of benzene rings is 2. The van der Waals surface area contributed by atoms with E-state index in [1.807, 2.05) is 6.92 Å². The number of urea groups is 1. The minimum Gasteiger partial charge on any atom is -0.276 e. The highest BCUT2D eigenvalue weighted by molar-refractivity contribution is 7.86. The summed E-state index contributed by atoms with van der Waals surface area (Å²) in [4.78, 5) is 36.3. The molecule has 0 radical (unpaired) electrons. The van der Waals surface area contributed by atoms with Crippen LogP contribution in [0.15, 0.2) is 47.4 Å². The number of carbonyl (C=O) groups is 3. The average Bonchev–Trinajstić information content (AvgIpc) is 3.04. The number of hydrogen-bond acceptors (Lipinski definition) is 6. The van der Waals surface area contributed by atoms with E-state index in [0.29, 0.717) is 16.7 Å². The molecule has 30 heavy (non-hydrogen) atoms. The zero-order valence-corrected chi connectivity index (χ0v) is 16.9. The number of nitrogens with one attached hydrogen (secondary N) is 1. The van der Waals surface area contributed by atoms with Gasteiger partial charge in [-0.1, -0.05) is 29.8 Å². The zero-order valence-electron chi connectivity index (χ0n) is 16.1. The second-order valence-electron chi connectivity index (χ2n) is 7.06. The largest absolute Gasteiger partial charge is 0.342 e. The van der Waals surface area contributed by atoms with Crippen molar-refractivity contribution in [3.8, 4) is 0 Å². The van der Waals surface area contributed by atoms with Gasteiger partial charge in [-0.25, -0.2) is 14.8 Å². The molecule has 0 unspecified atom stereocenters. The highest BCUT2D eigenvalue weighted by Crippen LogP contribution is 2.29. The molecule has 156 valence electrons. The number of fused-ring (bicyclic) bond motifs is 1. The molecule has 0 spiro atoms. The molecule has 1 fully saturated rings. The summed E-state index contributed by atoms with van der Waals surface area (Å²) in [7, 11) is -3.97. The fraction of sp³-hybridized carbons (Fsp3) is 0.250. The van der Waals surface area contributed by atoms with Crippen LogP contribution in [0.3, 0.4) is 0 Å². The van der Waals surface area contributed by atoms with Crippen molar-refractivity contribution in [2.75, 3.05) is 6.54 Å². The molecular weight excluding hydrogens is 410 g/mol.